The van der Waals surface area contributed by atoms with Crippen LogP contribution < -0.4 is 5.73 Å². The lowest BCUT2D eigenvalue weighted by molar-refractivity contribution is -0.0815. The molecule has 4 N–H and O–H groups in total. The van der Waals surface area contributed by atoms with Gasteiger partial charge in [-0.15, -0.1) is 11.3 Å². The minimum Gasteiger partial charge on any atom is -0.428 e. The Kier molecular flexibility index (Phi) is 5.06. The molecule has 1 aliphatic heterocycles. The summed E-state index contributed by atoms with van der Waals surface area (Å²) < 4.78 is 36.0. The van der Waals surface area contributed by atoms with Crippen LogP contribution in [-0.4, -0.2) is 28.1 Å². The van der Waals surface area contributed by atoms with Crippen LogP contribution in [-0.2, 0) is 16.2 Å². The number of aromatic nitrogens is 2. The van der Waals surface area contributed by atoms with Crippen molar-refractivity contribution in [2.75, 3.05) is 0 Å². The molecule has 0 spiro atoms. The number of nitrogens with zero attached hydrogens (tertiary/aromatic N) is 3. The number of halogens is 3. The van der Waals surface area contributed by atoms with Crippen LogP contribution in [0.1, 0.15) is 28.6 Å². The van der Waals surface area contributed by atoms with Gasteiger partial charge in [-0.25, -0.2) is 15.0 Å². The number of alkyl halides is 2. The Morgan fingerprint density at radius 3 is 2.84 bits per heavy atom. The molecule has 0 saturated carbocycles. The second kappa shape index (κ2) is 7.47. The summed E-state index contributed by atoms with van der Waals surface area (Å²) in [5.74, 6) is -3.78. The normalized spacial score (nSPS) is 19.3. The van der Waals surface area contributed by atoms with Crippen LogP contribution in [0.4, 0.5) is 8.78 Å². The monoisotopic (exact) mass is 460 g/mol. The van der Waals surface area contributed by atoms with Gasteiger partial charge in [0.15, 0.2) is 11.9 Å². The number of hydrogen-bond acceptors (Lipinski definition) is 8. The van der Waals surface area contributed by atoms with Crippen molar-refractivity contribution in [1.82, 2.24) is 9.97 Å². The molecule has 0 saturated heterocycles. The Bertz CT molecular complexity index is 1240. The van der Waals surface area contributed by atoms with Gasteiger partial charge < -0.3 is 10.5 Å². The molecule has 3 heterocycles. The quantitative estimate of drug-likeness (QED) is 0.391. The van der Waals surface area contributed by atoms with Crippen LogP contribution in [0.5, 0.6) is 0 Å². The maximum atomic E-state index is 15.6. The minimum absolute atomic E-state index is 0.00436. The minimum atomic E-state index is -3.48. The summed E-state index contributed by atoms with van der Waals surface area (Å²) >= 11 is 7.47. The highest BCUT2D eigenvalue weighted by atomic mass is 35.5. The van der Waals surface area contributed by atoms with Crippen molar-refractivity contribution in [2.45, 2.75) is 18.4 Å². The summed E-state index contributed by atoms with van der Waals surface area (Å²) in [6.07, 6.45) is 2.92. The summed E-state index contributed by atoms with van der Waals surface area (Å²) in [6, 6.07) is 8.32. The fourth-order valence-corrected chi connectivity index (χ4v) is 4.99. The predicted octanol–water partition coefficient (Wildman–Crippen LogP) is 4.53. The first-order valence-electron chi connectivity index (χ1n) is 8.88. The molecule has 158 valence electrons. The van der Waals surface area contributed by atoms with E-state index in [9.17, 15) is 0 Å². The van der Waals surface area contributed by atoms with Crippen molar-refractivity contribution >= 4 is 41.1 Å². The van der Waals surface area contributed by atoms with Gasteiger partial charge in [0.1, 0.15) is 17.9 Å². The molecule has 0 radical (unpaired) electrons. The Morgan fingerprint density at radius 1 is 1.32 bits per heavy atom. The van der Waals surface area contributed by atoms with E-state index in [4.69, 9.17) is 32.9 Å². The molecule has 0 fully saturated rings. The van der Waals surface area contributed by atoms with E-state index in [1.54, 1.807) is 30.3 Å². The first-order chi connectivity index (χ1) is 14.7. The number of aliphatic imine (C=N–C) groups is 1. The van der Waals surface area contributed by atoms with Crippen LogP contribution in [0.25, 0.3) is 10.4 Å². The fourth-order valence-electron chi connectivity index (χ4n) is 3.35. The summed E-state index contributed by atoms with van der Waals surface area (Å²) in [6.45, 7) is 1.27. The molecule has 7 nitrogen and oxygen atoms in total. The van der Waals surface area contributed by atoms with Gasteiger partial charge in [0.05, 0.1) is 15.5 Å². The van der Waals surface area contributed by atoms with Gasteiger partial charge in [-0.3, -0.25) is 10.8 Å². The predicted molar refractivity (Wildman–Crippen MR) is 115 cm³/mol. The molecule has 11 heteroatoms. The zero-order valence-corrected chi connectivity index (χ0v) is 17.6. The van der Waals surface area contributed by atoms with Crippen molar-refractivity contribution in [2.24, 2.45) is 10.7 Å². The number of nitrogens with one attached hydrogen (secondary N) is 2. The summed E-state index contributed by atoms with van der Waals surface area (Å²) in [4.78, 5) is 12.4. The molecular formula is C20H15ClF2N6OS. The van der Waals surface area contributed by atoms with Gasteiger partial charge in [0.2, 0.25) is 5.90 Å². The Morgan fingerprint density at radius 2 is 2.10 bits per heavy atom. The molecule has 1 atom stereocenters. The average Bonchev–Trinajstić information content (AvgIpc) is 3.15. The number of thiophene rings is 1. The van der Waals surface area contributed by atoms with Crippen molar-refractivity contribution in [1.29, 1.82) is 10.8 Å². The topological polar surface area (TPSA) is 121 Å². The largest absolute Gasteiger partial charge is 0.428 e. The third kappa shape index (κ3) is 3.28. The summed E-state index contributed by atoms with van der Waals surface area (Å²) in [5.41, 5.74) is 4.48. The number of amidine groups is 1. The maximum Gasteiger partial charge on any atom is 0.319 e. The highest BCUT2D eigenvalue weighted by Crippen LogP contribution is 2.55. The van der Waals surface area contributed by atoms with Crippen LogP contribution in [0, 0.1) is 10.8 Å². The van der Waals surface area contributed by atoms with Gasteiger partial charge in [-0.2, -0.15) is 8.78 Å². The van der Waals surface area contributed by atoms with E-state index in [-0.39, 0.29) is 27.2 Å². The van der Waals surface area contributed by atoms with E-state index in [1.165, 1.54) is 13.1 Å². The molecular weight excluding hydrogens is 446 g/mol. The van der Waals surface area contributed by atoms with E-state index in [0.29, 0.717) is 22.4 Å². The second-order valence-corrected chi connectivity index (χ2v) is 8.32. The van der Waals surface area contributed by atoms with E-state index in [0.717, 1.165) is 17.7 Å². The first kappa shape index (κ1) is 21.0. The van der Waals surface area contributed by atoms with Gasteiger partial charge in [0, 0.05) is 16.6 Å². The standard InChI is InChI=1S/C20H15ClF2N6OS/c1-19(20(22,23)15-12(17(25)29-19)7-27-9-28-15)16-13(21)6-14(31-16)10-3-2-4-11(5-10)18(26)30-8-24/h2-9,24,26H,1H3,(H2,25,29)/t19-/m1/s1. The van der Waals surface area contributed by atoms with Gasteiger partial charge in [-0.05, 0) is 30.7 Å². The molecule has 0 aliphatic carbocycles. The third-order valence-corrected chi connectivity index (χ3v) is 6.76. The zero-order valence-electron chi connectivity index (χ0n) is 16.0. The molecule has 2 aromatic heterocycles. The maximum absolute atomic E-state index is 15.6. The van der Waals surface area contributed by atoms with Crippen molar-refractivity contribution in [3.63, 3.8) is 0 Å². The van der Waals surface area contributed by atoms with Gasteiger partial charge in [0.25, 0.3) is 0 Å². The number of rotatable bonds is 4. The van der Waals surface area contributed by atoms with Gasteiger partial charge >= 0.3 is 5.92 Å². The Balaban J connectivity index is 1.82. The number of nitrogens with two attached hydrogens (primary N) is 1. The van der Waals surface area contributed by atoms with E-state index < -0.39 is 17.2 Å². The lowest BCUT2D eigenvalue weighted by atomic mass is 9.85. The third-order valence-electron chi connectivity index (χ3n) is 4.96. The molecule has 1 aromatic carbocycles. The number of fused-ring (bicyclic) bond motifs is 1. The lowest BCUT2D eigenvalue weighted by Crippen LogP contribution is -2.46. The lowest BCUT2D eigenvalue weighted by Gasteiger charge is -2.37. The number of hydrogen-bond donors (Lipinski definition) is 3. The first-order valence-corrected chi connectivity index (χ1v) is 10.1. The molecule has 0 bridgehead atoms. The van der Waals surface area contributed by atoms with Crippen LogP contribution in [0.15, 0.2) is 47.8 Å². The Labute approximate surface area is 184 Å². The van der Waals surface area contributed by atoms with Crippen molar-refractivity contribution < 1.29 is 13.5 Å². The smallest absolute Gasteiger partial charge is 0.319 e. The van der Waals surface area contributed by atoms with Crippen LogP contribution in [0.3, 0.4) is 0 Å². The molecule has 4 rings (SSSR count). The molecule has 3 aromatic rings. The molecule has 31 heavy (non-hydrogen) atoms. The number of ether oxygens (including phenoxy) is 1. The Hall–Kier alpha value is -3.24. The summed E-state index contributed by atoms with van der Waals surface area (Å²) in [7, 11) is 0. The van der Waals surface area contributed by atoms with E-state index in [1.807, 2.05) is 0 Å². The van der Waals surface area contributed by atoms with E-state index >= 15 is 8.78 Å². The highest BCUT2D eigenvalue weighted by molar-refractivity contribution is 7.16. The SMILES string of the molecule is C[C@]1(c2sc(-c3cccc(C(=N)OC=N)c3)cc2Cl)N=C(N)c2cncnc2C1(F)F. The van der Waals surface area contributed by atoms with Crippen LogP contribution in [0.2, 0.25) is 5.02 Å². The van der Waals surface area contributed by atoms with Gasteiger partial charge in [-0.1, -0.05) is 23.7 Å². The van der Waals surface area contributed by atoms with Crippen molar-refractivity contribution in [3.8, 4) is 10.4 Å². The highest BCUT2D eigenvalue weighted by Gasteiger charge is 2.59. The summed E-state index contributed by atoms with van der Waals surface area (Å²) in [5, 5.41) is 14.9. The molecule has 0 unspecified atom stereocenters. The number of benzene rings is 1. The molecule has 0 amide bonds. The van der Waals surface area contributed by atoms with E-state index in [2.05, 4.69) is 15.0 Å². The average molecular weight is 461 g/mol. The fraction of sp³-hybridized carbons (Fsp3) is 0.150. The van der Waals surface area contributed by atoms with Crippen LogP contribution >= 0.6 is 22.9 Å². The second-order valence-electron chi connectivity index (χ2n) is 6.86. The molecule has 1 aliphatic rings. The zero-order chi connectivity index (χ0) is 22.4. The van der Waals surface area contributed by atoms with Crippen molar-refractivity contribution in [3.05, 3.63) is 69.6 Å².